The van der Waals surface area contributed by atoms with Gasteiger partial charge in [-0.25, -0.2) is 4.79 Å². The van der Waals surface area contributed by atoms with Crippen molar-refractivity contribution in [2.75, 3.05) is 74.0 Å². The second kappa shape index (κ2) is 20.3. The molecule has 0 bridgehead atoms. The Kier molecular flexibility index (Phi) is 15.7. The average molecular weight is 983 g/mol. The van der Waals surface area contributed by atoms with Crippen molar-refractivity contribution in [2.45, 2.75) is 55.7 Å². The number of anilines is 3. The first kappa shape index (κ1) is 44.9. The molecule has 3 N–H and O–H groups in total. The van der Waals surface area contributed by atoms with Gasteiger partial charge in [-0.15, -0.1) is 0 Å². The van der Waals surface area contributed by atoms with Gasteiger partial charge >= 0.3 is 24.8 Å². The van der Waals surface area contributed by atoms with Gasteiger partial charge in [0.25, 0.3) is 0 Å². The van der Waals surface area contributed by atoms with Crippen LogP contribution < -0.4 is 33.6 Å². The molecule has 58 heavy (non-hydrogen) atoms. The zero-order chi connectivity index (χ0) is 38.8. The van der Waals surface area contributed by atoms with Crippen molar-refractivity contribution in [1.29, 1.82) is 0 Å². The number of morpholine rings is 3. The van der Waals surface area contributed by atoms with Crippen LogP contribution in [0.3, 0.4) is 0 Å². The van der Waals surface area contributed by atoms with Crippen molar-refractivity contribution in [2.24, 2.45) is 0 Å². The van der Waals surface area contributed by atoms with E-state index >= 15 is 0 Å². The van der Waals surface area contributed by atoms with E-state index in [0.29, 0.717) is 51.3 Å². The van der Waals surface area contributed by atoms with Crippen LogP contribution in [0, 0.1) is 0 Å². The molecule has 18 heteroatoms. The topological polar surface area (TPSA) is 173 Å². The molecule has 6 unspecified atom stereocenters. The Morgan fingerprint density at radius 2 is 1.03 bits per heavy atom. The number of pyridine rings is 3. The van der Waals surface area contributed by atoms with Gasteiger partial charge in [-0.1, -0.05) is 18.2 Å². The van der Waals surface area contributed by atoms with Gasteiger partial charge in [-0.3, -0.25) is 15.0 Å². The molecule has 6 atom stereocenters. The number of hydrogen-bond acceptors (Lipinski definition) is 14. The standard InChI is InChI=1S/C18H17BrN2O3.2C11H13BrN2O2.Li.H2O/c19-13-8-15-17(20-10-13)16(9-14-11-23-7-6-21(14)15)24-18(22)12-4-2-1-3-5-12;2*12-7-3-9-11(13-5-7)10(15)4-8-6-16-2-1-14(8)9;;/h1-5,8,10,14,16H,6-7,9,11H2;2*3,5,8,10,15H,1-2,4,6H2;;1H2/q;;;+1;/p-1. The Bertz CT molecular complexity index is 1950. The van der Waals surface area contributed by atoms with E-state index in [0.717, 1.165) is 80.4 Å². The third kappa shape index (κ3) is 9.92. The van der Waals surface area contributed by atoms with Gasteiger partial charge < -0.3 is 49.3 Å². The quantitative estimate of drug-likeness (QED) is 0.222. The van der Waals surface area contributed by atoms with Gasteiger partial charge in [0.15, 0.2) is 0 Å². The Balaban J connectivity index is 0.000000149. The van der Waals surface area contributed by atoms with Crippen LogP contribution >= 0.6 is 47.8 Å². The minimum Gasteiger partial charge on any atom is -0.870 e. The first-order valence-corrected chi connectivity index (χ1v) is 21.2. The molecule has 0 aliphatic carbocycles. The largest absolute Gasteiger partial charge is 1.00 e. The summed E-state index contributed by atoms with van der Waals surface area (Å²) in [6.45, 7) is 6.82. The number of aliphatic hydroxyl groups is 2. The van der Waals surface area contributed by atoms with E-state index in [1.807, 2.05) is 36.4 Å². The molecule has 6 aliphatic heterocycles. The second-order valence-corrected chi connectivity index (χ2v) is 17.2. The summed E-state index contributed by atoms with van der Waals surface area (Å²) in [5.41, 5.74) is 6.07. The van der Waals surface area contributed by atoms with Gasteiger partial charge in [0, 0.05) is 70.9 Å². The Morgan fingerprint density at radius 1 is 0.638 bits per heavy atom. The van der Waals surface area contributed by atoms with E-state index in [2.05, 4.69) is 77.4 Å². The van der Waals surface area contributed by atoms with Gasteiger partial charge in [0.05, 0.1) is 91.8 Å². The maximum atomic E-state index is 12.4. The molecule has 0 spiro atoms. The number of nitrogens with zero attached hydrogens (tertiary/aromatic N) is 6. The second-order valence-electron chi connectivity index (χ2n) is 14.4. The van der Waals surface area contributed by atoms with Crippen molar-refractivity contribution in [3.8, 4) is 0 Å². The molecule has 304 valence electrons. The fourth-order valence-corrected chi connectivity index (χ4v) is 9.20. The summed E-state index contributed by atoms with van der Waals surface area (Å²) in [6, 6.07) is 15.9. The fraction of sp³-hybridized carbons (Fsp3) is 0.450. The molecule has 10 rings (SSSR count). The predicted molar refractivity (Wildman–Crippen MR) is 222 cm³/mol. The fourth-order valence-electron chi connectivity index (χ4n) is 8.24. The molecule has 9 heterocycles. The SMILES string of the molecule is O=C(OC1CC2COCCN2c2cc(Br)cnc21)c1ccccc1.OC1CC2COCCN2c2cc(Br)cnc21.OC1CC2COCCN2c2cc(Br)cnc21.[Li+].[OH-]. The summed E-state index contributed by atoms with van der Waals surface area (Å²) >= 11 is 10.3. The molecule has 0 amide bonds. The van der Waals surface area contributed by atoms with Crippen LogP contribution in [-0.4, -0.2) is 114 Å². The number of ether oxygens (including phenoxy) is 4. The smallest absolute Gasteiger partial charge is 0.870 e. The van der Waals surface area contributed by atoms with Gasteiger partial charge in [-0.2, -0.15) is 0 Å². The summed E-state index contributed by atoms with van der Waals surface area (Å²) < 4.78 is 25.1. The van der Waals surface area contributed by atoms with Crippen LogP contribution in [-0.2, 0) is 18.9 Å². The van der Waals surface area contributed by atoms with E-state index in [1.54, 1.807) is 30.7 Å². The van der Waals surface area contributed by atoms with Crippen molar-refractivity contribution in [3.63, 3.8) is 0 Å². The summed E-state index contributed by atoms with van der Waals surface area (Å²) in [6.07, 6.45) is 6.05. The maximum Gasteiger partial charge on any atom is 1.00 e. The Labute approximate surface area is 374 Å². The molecule has 4 aromatic rings. The maximum absolute atomic E-state index is 12.4. The van der Waals surface area contributed by atoms with Crippen molar-refractivity contribution in [3.05, 3.63) is 103 Å². The molecule has 0 radical (unpaired) electrons. The summed E-state index contributed by atoms with van der Waals surface area (Å²) in [5.74, 6) is -0.318. The van der Waals surface area contributed by atoms with Crippen LogP contribution in [0.25, 0.3) is 0 Å². The van der Waals surface area contributed by atoms with E-state index in [-0.39, 0.29) is 54.5 Å². The molecule has 0 saturated carbocycles. The molecular formula is C40H44Br3LiN6O8. The number of fused-ring (bicyclic) bond motifs is 9. The van der Waals surface area contributed by atoms with Crippen LogP contribution in [0.5, 0.6) is 0 Å². The average Bonchev–Trinajstić information content (AvgIpc) is 3.21. The van der Waals surface area contributed by atoms with Crippen molar-refractivity contribution in [1.82, 2.24) is 15.0 Å². The van der Waals surface area contributed by atoms with E-state index < -0.39 is 12.2 Å². The number of halogens is 3. The normalized spacial score (nSPS) is 25.0. The number of aliphatic hydroxyl groups excluding tert-OH is 2. The third-order valence-electron chi connectivity index (χ3n) is 10.9. The van der Waals surface area contributed by atoms with Crippen LogP contribution in [0.1, 0.15) is 65.0 Å². The zero-order valence-corrected chi connectivity index (χ0v) is 36.8. The minimum absolute atomic E-state index is 0. The van der Waals surface area contributed by atoms with Gasteiger partial charge in [0.1, 0.15) is 24.0 Å². The van der Waals surface area contributed by atoms with Crippen molar-refractivity contribution >= 4 is 70.8 Å². The van der Waals surface area contributed by atoms with Gasteiger partial charge in [0.2, 0.25) is 0 Å². The molecule has 6 aliphatic rings. The monoisotopic (exact) mass is 980 g/mol. The number of benzene rings is 1. The summed E-state index contributed by atoms with van der Waals surface area (Å²) in [4.78, 5) is 32.5. The molecule has 3 saturated heterocycles. The number of aromatic nitrogens is 3. The number of carbonyl (C=O) groups is 1. The van der Waals surface area contributed by atoms with Crippen molar-refractivity contribution < 1.29 is 58.3 Å². The summed E-state index contributed by atoms with van der Waals surface area (Å²) in [7, 11) is 0. The van der Waals surface area contributed by atoms with E-state index in [9.17, 15) is 15.0 Å². The molecule has 3 fully saturated rings. The molecule has 14 nitrogen and oxygen atoms in total. The Morgan fingerprint density at radius 3 is 1.48 bits per heavy atom. The zero-order valence-electron chi connectivity index (χ0n) is 32.0. The number of hydrogen-bond donors (Lipinski definition) is 2. The number of esters is 1. The number of carbonyl (C=O) groups excluding carboxylic acids is 1. The molecule has 3 aromatic heterocycles. The van der Waals surface area contributed by atoms with Gasteiger partial charge in [-0.05, 0) is 78.1 Å². The molecular weight excluding hydrogens is 939 g/mol. The minimum atomic E-state index is -0.467. The Hall–Kier alpha value is -2.66. The molecule has 1 aromatic carbocycles. The van der Waals surface area contributed by atoms with Crippen LogP contribution in [0.2, 0.25) is 0 Å². The van der Waals surface area contributed by atoms with E-state index in [4.69, 9.17) is 18.9 Å². The third-order valence-corrected chi connectivity index (χ3v) is 12.2. The first-order valence-electron chi connectivity index (χ1n) is 18.8. The number of rotatable bonds is 2. The first-order chi connectivity index (χ1) is 27.2. The van der Waals surface area contributed by atoms with Crippen LogP contribution in [0.15, 0.2) is 80.5 Å². The van der Waals surface area contributed by atoms with Crippen LogP contribution in [0.4, 0.5) is 17.1 Å². The summed E-state index contributed by atoms with van der Waals surface area (Å²) in [5, 5.41) is 20.1. The predicted octanol–water partition coefficient (Wildman–Crippen LogP) is 3.15. The van der Waals surface area contributed by atoms with E-state index in [1.165, 1.54) is 0 Å².